The summed E-state index contributed by atoms with van der Waals surface area (Å²) >= 11 is 0. The second kappa shape index (κ2) is 8.14. The molecular formula is C19H25N3O5S. The SMILES string of the molecule is COC1C=CC(CNS(=O)(=O)c2cn(C(C)C)nc2-c2ccccc2)(OC)O1. The molecule has 28 heavy (non-hydrogen) atoms. The molecule has 0 radical (unpaired) electrons. The molecule has 2 unspecified atom stereocenters. The molecule has 1 aromatic carbocycles. The summed E-state index contributed by atoms with van der Waals surface area (Å²) in [5.74, 6) is -1.23. The van der Waals surface area contributed by atoms with Crippen molar-refractivity contribution >= 4 is 10.0 Å². The van der Waals surface area contributed by atoms with Gasteiger partial charge in [0.2, 0.25) is 15.8 Å². The fraction of sp³-hybridized carbons (Fsp3) is 0.421. The summed E-state index contributed by atoms with van der Waals surface area (Å²) in [7, 11) is -0.935. The van der Waals surface area contributed by atoms with Crippen LogP contribution >= 0.6 is 0 Å². The van der Waals surface area contributed by atoms with Crippen LogP contribution in [-0.2, 0) is 24.2 Å². The van der Waals surface area contributed by atoms with Crippen LogP contribution in [-0.4, -0.2) is 51.0 Å². The largest absolute Gasteiger partial charge is 0.352 e. The molecule has 2 atom stereocenters. The van der Waals surface area contributed by atoms with Crippen molar-refractivity contribution in [2.45, 2.75) is 36.9 Å². The molecule has 2 aromatic rings. The molecule has 1 N–H and O–H groups in total. The Kier molecular flexibility index (Phi) is 6.01. The molecule has 0 fully saturated rings. The highest BCUT2D eigenvalue weighted by atomic mass is 32.2. The molecule has 0 amide bonds. The van der Waals surface area contributed by atoms with Crippen LogP contribution in [0.4, 0.5) is 0 Å². The number of rotatable bonds is 8. The van der Waals surface area contributed by atoms with E-state index >= 15 is 0 Å². The van der Waals surface area contributed by atoms with E-state index in [-0.39, 0.29) is 17.5 Å². The second-order valence-electron chi connectivity index (χ2n) is 6.70. The fourth-order valence-corrected chi connectivity index (χ4v) is 4.03. The van der Waals surface area contributed by atoms with E-state index in [9.17, 15) is 8.42 Å². The lowest BCUT2D eigenvalue weighted by atomic mass is 10.2. The van der Waals surface area contributed by atoms with Gasteiger partial charge in [0, 0.05) is 32.0 Å². The van der Waals surface area contributed by atoms with Gasteiger partial charge in [-0.1, -0.05) is 30.3 Å². The van der Waals surface area contributed by atoms with Crippen LogP contribution in [0.5, 0.6) is 0 Å². The molecule has 3 rings (SSSR count). The van der Waals surface area contributed by atoms with Gasteiger partial charge in [0.1, 0.15) is 10.6 Å². The summed E-state index contributed by atoms with van der Waals surface area (Å²) in [6.45, 7) is 3.77. The van der Waals surface area contributed by atoms with Crippen molar-refractivity contribution in [2.24, 2.45) is 0 Å². The van der Waals surface area contributed by atoms with E-state index in [0.29, 0.717) is 5.69 Å². The minimum Gasteiger partial charge on any atom is -0.352 e. The van der Waals surface area contributed by atoms with E-state index in [2.05, 4.69) is 9.82 Å². The Hall–Kier alpha value is -2.04. The average molecular weight is 407 g/mol. The van der Waals surface area contributed by atoms with Gasteiger partial charge in [-0.25, -0.2) is 13.1 Å². The summed E-state index contributed by atoms with van der Waals surface area (Å²) in [5, 5.41) is 4.49. The van der Waals surface area contributed by atoms with Crippen molar-refractivity contribution in [3.05, 3.63) is 48.7 Å². The van der Waals surface area contributed by atoms with Crippen LogP contribution in [0.1, 0.15) is 19.9 Å². The van der Waals surface area contributed by atoms with E-state index < -0.39 is 22.1 Å². The molecular weight excluding hydrogens is 382 g/mol. The fourth-order valence-electron chi connectivity index (χ4n) is 2.82. The Labute approximate surface area is 165 Å². The zero-order valence-electron chi connectivity index (χ0n) is 16.3. The van der Waals surface area contributed by atoms with Gasteiger partial charge in [0.25, 0.3) is 0 Å². The third-order valence-corrected chi connectivity index (χ3v) is 5.88. The highest BCUT2D eigenvalue weighted by molar-refractivity contribution is 7.89. The third kappa shape index (κ3) is 4.18. The maximum absolute atomic E-state index is 13.1. The summed E-state index contributed by atoms with van der Waals surface area (Å²) in [6, 6.07) is 9.22. The molecule has 1 aliphatic heterocycles. The number of sulfonamides is 1. The first-order valence-electron chi connectivity index (χ1n) is 8.89. The molecule has 9 heteroatoms. The number of hydrogen-bond acceptors (Lipinski definition) is 6. The van der Waals surface area contributed by atoms with Gasteiger partial charge in [-0.05, 0) is 26.0 Å². The van der Waals surface area contributed by atoms with Gasteiger partial charge in [-0.2, -0.15) is 5.10 Å². The molecule has 8 nitrogen and oxygen atoms in total. The predicted molar refractivity (Wildman–Crippen MR) is 104 cm³/mol. The van der Waals surface area contributed by atoms with Gasteiger partial charge < -0.3 is 14.2 Å². The van der Waals surface area contributed by atoms with Crippen LogP contribution in [0, 0.1) is 0 Å². The van der Waals surface area contributed by atoms with Gasteiger partial charge in [-0.3, -0.25) is 4.68 Å². The molecule has 0 saturated heterocycles. The Morgan fingerprint density at radius 3 is 2.57 bits per heavy atom. The molecule has 2 heterocycles. The van der Waals surface area contributed by atoms with Gasteiger partial charge in [-0.15, -0.1) is 0 Å². The lowest BCUT2D eigenvalue weighted by molar-refractivity contribution is -0.237. The summed E-state index contributed by atoms with van der Waals surface area (Å²) in [5.41, 5.74) is 1.12. The minimum atomic E-state index is -3.88. The highest BCUT2D eigenvalue weighted by Crippen LogP contribution is 2.29. The first kappa shape index (κ1) is 20.7. The number of ether oxygens (including phenoxy) is 3. The van der Waals surface area contributed by atoms with Crippen molar-refractivity contribution in [3.8, 4) is 11.3 Å². The molecule has 0 saturated carbocycles. The zero-order chi connectivity index (χ0) is 20.4. The molecule has 1 aromatic heterocycles. The minimum absolute atomic E-state index is 0.0142. The number of methoxy groups -OCH3 is 2. The van der Waals surface area contributed by atoms with E-state index in [1.54, 1.807) is 16.8 Å². The van der Waals surface area contributed by atoms with Gasteiger partial charge in [0.15, 0.2) is 6.29 Å². The molecule has 152 valence electrons. The first-order chi connectivity index (χ1) is 13.3. The van der Waals surface area contributed by atoms with Crippen LogP contribution < -0.4 is 4.72 Å². The lowest BCUT2D eigenvalue weighted by Crippen LogP contribution is -2.44. The number of nitrogens with zero attached hydrogens (tertiary/aromatic N) is 2. The zero-order valence-corrected chi connectivity index (χ0v) is 17.1. The summed E-state index contributed by atoms with van der Waals surface area (Å²) in [4.78, 5) is 0.101. The van der Waals surface area contributed by atoms with Crippen LogP contribution in [0.2, 0.25) is 0 Å². The van der Waals surface area contributed by atoms with E-state index in [1.807, 2.05) is 44.2 Å². The van der Waals surface area contributed by atoms with Crippen molar-refractivity contribution in [1.29, 1.82) is 0 Å². The smallest absolute Gasteiger partial charge is 0.244 e. The molecule has 0 aliphatic carbocycles. The van der Waals surface area contributed by atoms with Crippen molar-refractivity contribution in [3.63, 3.8) is 0 Å². The van der Waals surface area contributed by atoms with E-state index in [4.69, 9.17) is 14.2 Å². The molecule has 1 aliphatic rings. The Morgan fingerprint density at radius 1 is 1.29 bits per heavy atom. The Balaban J connectivity index is 1.90. The second-order valence-corrected chi connectivity index (χ2v) is 8.44. The summed E-state index contributed by atoms with van der Waals surface area (Å²) < 4.78 is 46.5. The first-order valence-corrected chi connectivity index (χ1v) is 10.4. The quantitative estimate of drug-likeness (QED) is 0.675. The van der Waals surface area contributed by atoms with Crippen LogP contribution in [0.25, 0.3) is 11.3 Å². The molecule has 0 bridgehead atoms. The van der Waals surface area contributed by atoms with Gasteiger partial charge in [0.05, 0.1) is 6.54 Å². The van der Waals surface area contributed by atoms with Crippen molar-refractivity contribution in [2.75, 3.05) is 20.8 Å². The number of nitrogens with one attached hydrogen (secondary N) is 1. The Bertz CT molecular complexity index is 940. The highest BCUT2D eigenvalue weighted by Gasteiger charge is 2.38. The topological polar surface area (TPSA) is 91.7 Å². The lowest BCUT2D eigenvalue weighted by Gasteiger charge is -2.27. The number of benzene rings is 1. The number of aromatic nitrogens is 2. The average Bonchev–Trinajstić information content (AvgIpc) is 3.33. The predicted octanol–water partition coefficient (Wildman–Crippen LogP) is 2.31. The molecule has 0 spiro atoms. The van der Waals surface area contributed by atoms with Crippen LogP contribution in [0.3, 0.4) is 0 Å². The monoisotopic (exact) mass is 407 g/mol. The maximum Gasteiger partial charge on any atom is 0.244 e. The maximum atomic E-state index is 13.1. The van der Waals surface area contributed by atoms with Crippen LogP contribution in [0.15, 0.2) is 53.6 Å². The number of hydrogen-bond donors (Lipinski definition) is 1. The summed E-state index contributed by atoms with van der Waals surface area (Å²) in [6.07, 6.45) is 4.26. The standard InChI is InChI=1S/C19H25N3O5S/c1-14(2)22-12-16(18(21-22)15-8-6-5-7-9-15)28(23,24)20-13-19(26-4)11-10-17(25-3)27-19/h5-12,14,17,20H,13H2,1-4H3. The normalized spacial score (nSPS) is 22.2. The van der Waals surface area contributed by atoms with Crippen molar-refractivity contribution < 1.29 is 22.6 Å². The van der Waals surface area contributed by atoms with Crippen molar-refractivity contribution in [1.82, 2.24) is 14.5 Å². The van der Waals surface area contributed by atoms with E-state index in [0.717, 1.165) is 5.56 Å². The Morgan fingerprint density at radius 2 is 2.00 bits per heavy atom. The van der Waals surface area contributed by atoms with E-state index in [1.165, 1.54) is 20.4 Å². The third-order valence-electron chi connectivity index (χ3n) is 4.47. The van der Waals surface area contributed by atoms with Gasteiger partial charge >= 0.3 is 0 Å².